The fourth-order valence-electron chi connectivity index (χ4n) is 7.37. The van der Waals surface area contributed by atoms with Crippen molar-refractivity contribution in [1.82, 2.24) is 14.9 Å². The lowest BCUT2D eigenvalue weighted by Gasteiger charge is -2.32. The Kier molecular flexibility index (Phi) is 6.76. The number of anilines is 2. The molecule has 4 aliphatic heterocycles. The molecule has 1 aromatic heterocycles. The van der Waals surface area contributed by atoms with Crippen LogP contribution in [0.25, 0.3) is 10.9 Å². The normalized spacial score (nSPS) is 21.2. The first-order valence-electron chi connectivity index (χ1n) is 14.8. The summed E-state index contributed by atoms with van der Waals surface area (Å²) in [5.41, 5.74) is 3.35. The van der Waals surface area contributed by atoms with Gasteiger partial charge in [-0.2, -0.15) is 9.97 Å². The highest BCUT2D eigenvalue weighted by atomic mass is 35.5. The summed E-state index contributed by atoms with van der Waals surface area (Å²) in [4.78, 5) is 16.6. The molecule has 3 aromatic rings. The van der Waals surface area contributed by atoms with Crippen molar-refractivity contribution in [3.05, 3.63) is 52.3 Å². The number of fused-ring (bicyclic) bond motifs is 3. The molecule has 2 aromatic carbocycles. The van der Waals surface area contributed by atoms with Gasteiger partial charge in [0.15, 0.2) is 5.82 Å². The fraction of sp³-hybridized carbons (Fsp3) is 0.548. The summed E-state index contributed by atoms with van der Waals surface area (Å²) >= 11 is 6.87. The third kappa shape index (κ3) is 4.61. The Morgan fingerprint density at radius 3 is 2.38 bits per heavy atom. The first kappa shape index (κ1) is 25.3. The molecule has 39 heavy (non-hydrogen) atoms. The van der Waals surface area contributed by atoms with Crippen molar-refractivity contribution >= 4 is 34.0 Å². The number of nitrogens with zero attached hydrogens (tertiary/aromatic N) is 5. The third-order valence-corrected chi connectivity index (χ3v) is 9.74. The molecular weight excluding hydrogens is 513 g/mol. The van der Waals surface area contributed by atoms with Gasteiger partial charge in [0.2, 0.25) is 0 Å². The van der Waals surface area contributed by atoms with Gasteiger partial charge in [-0.3, -0.25) is 4.90 Å². The minimum atomic E-state index is -0.373. The average Bonchev–Trinajstić information content (AvgIpc) is 3.41. The van der Waals surface area contributed by atoms with E-state index in [4.69, 9.17) is 26.3 Å². The van der Waals surface area contributed by atoms with E-state index in [0.717, 1.165) is 64.1 Å². The summed E-state index contributed by atoms with van der Waals surface area (Å²) in [6.07, 6.45) is 10.2. The maximum atomic E-state index is 16.6. The number of hydrogen-bond acceptors (Lipinski definition) is 6. The topological polar surface area (TPSA) is 44.7 Å². The predicted molar refractivity (Wildman–Crippen MR) is 155 cm³/mol. The summed E-state index contributed by atoms with van der Waals surface area (Å²) in [5.74, 6) is 0.377. The average molecular weight is 550 g/mol. The zero-order valence-electron chi connectivity index (χ0n) is 22.6. The van der Waals surface area contributed by atoms with E-state index in [1.54, 1.807) is 0 Å². The number of halogens is 2. The van der Waals surface area contributed by atoms with E-state index in [9.17, 15) is 0 Å². The number of ether oxygens (including phenoxy) is 1. The van der Waals surface area contributed by atoms with Gasteiger partial charge in [-0.25, -0.2) is 4.39 Å². The Balaban J connectivity index is 1.29. The van der Waals surface area contributed by atoms with Gasteiger partial charge < -0.3 is 14.5 Å². The maximum Gasteiger partial charge on any atom is 0.319 e. The summed E-state index contributed by atoms with van der Waals surface area (Å²) in [6, 6.07) is 10.6. The zero-order chi connectivity index (χ0) is 26.4. The van der Waals surface area contributed by atoms with E-state index in [2.05, 4.69) is 32.9 Å². The lowest BCUT2D eigenvalue weighted by Crippen LogP contribution is -2.43. The molecule has 8 heteroatoms. The Morgan fingerprint density at radius 1 is 0.872 bits per heavy atom. The fourth-order valence-corrected chi connectivity index (χ4v) is 7.69. The minimum absolute atomic E-state index is 0.0754. The van der Waals surface area contributed by atoms with Crippen molar-refractivity contribution in [2.75, 3.05) is 49.1 Å². The van der Waals surface area contributed by atoms with Crippen LogP contribution in [0.2, 0.25) is 5.02 Å². The van der Waals surface area contributed by atoms with Gasteiger partial charge in [-0.15, -0.1) is 0 Å². The van der Waals surface area contributed by atoms with Crippen LogP contribution < -0.4 is 14.5 Å². The highest BCUT2D eigenvalue weighted by Gasteiger charge is 2.45. The van der Waals surface area contributed by atoms with Crippen LogP contribution in [0, 0.1) is 5.82 Å². The number of aromatic nitrogens is 2. The summed E-state index contributed by atoms with van der Waals surface area (Å²) in [6.45, 7) is 5.96. The molecule has 206 valence electrons. The van der Waals surface area contributed by atoms with Gasteiger partial charge in [-0.05, 0) is 75.2 Å². The summed E-state index contributed by atoms with van der Waals surface area (Å²) in [7, 11) is 0. The molecule has 3 fully saturated rings. The minimum Gasteiger partial charge on any atom is -0.461 e. The standard InChI is InChI=1S/C31H37ClFN5O/c32-25-19-24-27(26(33)28(25)37-18-11-22-9-3-4-10-23(22)20-37)34-30(35-29(24)36-14-5-1-2-6-15-36)39-21-31-12-7-16-38(31)17-8-13-31/h3-4,9-10,19H,1-2,5-8,11-18,20-21H2. The molecule has 0 N–H and O–H groups in total. The van der Waals surface area contributed by atoms with Crippen LogP contribution in [0.1, 0.15) is 62.5 Å². The Labute approximate surface area is 235 Å². The van der Waals surface area contributed by atoms with Crippen molar-refractivity contribution in [2.24, 2.45) is 0 Å². The number of benzene rings is 2. The summed E-state index contributed by atoms with van der Waals surface area (Å²) in [5, 5.41) is 1.09. The maximum absolute atomic E-state index is 16.6. The van der Waals surface area contributed by atoms with E-state index >= 15 is 4.39 Å². The van der Waals surface area contributed by atoms with E-state index < -0.39 is 0 Å². The molecule has 3 saturated heterocycles. The molecule has 0 atom stereocenters. The van der Waals surface area contributed by atoms with E-state index in [-0.39, 0.29) is 17.4 Å². The van der Waals surface area contributed by atoms with Gasteiger partial charge in [0.25, 0.3) is 0 Å². The molecule has 0 saturated carbocycles. The van der Waals surface area contributed by atoms with Crippen LogP contribution in [0.3, 0.4) is 0 Å². The van der Waals surface area contributed by atoms with Gasteiger partial charge in [0, 0.05) is 31.6 Å². The van der Waals surface area contributed by atoms with Crippen molar-refractivity contribution < 1.29 is 9.13 Å². The van der Waals surface area contributed by atoms with Crippen LogP contribution in [0.4, 0.5) is 15.9 Å². The molecular formula is C31H37ClFN5O. The molecule has 4 aliphatic rings. The lowest BCUT2D eigenvalue weighted by molar-refractivity contribution is 0.108. The first-order valence-corrected chi connectivity index (χ1v) is 15.1. The molecule has 0 amide bonds. The molecule has 0 radical (unpaired) electrons. The molecule has 0 spiro atoms. The Bertz CT molecular complexity index is 1360. The van der Waals surface area contributed by atoms with Crippen LogP contribution in [0.15, 0.2) is 30.3 Å². The van der Waals surface area contributed by atoms with E-state index in [1.165, 1.54) is 36.8 Å². The summed E-state index contributed by atoms with van der Waals surface area (Å²) < 4.78 is 22.9. The molecule has 0 aliphatic carbocycles. The Hall–Kier alpha value is -2.64. The van der Waals surface area contributed by atoms with Crippen molar-refractivity contribution in [3.63, 3.8) is 0 Å². The van der Waals surface area contributed by atoms with Gasteiger partial charge in [-0.1, -0.05) is 48.7 Å². The highest BCUT2D eigenvalue weighted by Crippen LogP contribution is 2.42. The van der Waals surface area contributed by atoms with Crippen LogP contribution in [0.5, 0.6) is 6.01 Å². The van der Waals surface area contributed by atoms with Gasteiger partial charge in [0.1, 0.15) is 17.9 Å². The van der Waals surface area contributed by atoms with Crippen LogP contribution in [-0.4, -0.2) is 59.7 Å². The molecule has 5 heterocycles. The smallest absolute Gasteiger partial charge is 0.319 e. The first-order chi connectivity index (χ1) is 19.1. The number of hydrogen-bond donors (Lipinski definition) is 0. The molecule has 7 rings (SSSR count). The van der Waals surface area contributed by atoms with Crippen molar-refractivity contribution in [3.8, 4) is 6.01 Å². The number of rotatable bonds is 5. The van der Waals surface area contributed by atoms with Crippen LogP contribution >= 0.6 is 11.6 Å². The predicted octanol–water partition coefficient (Wildman–Crippen LogP) is 6.37. The molecule has 6 nitrogen and oxygen atoms in total. The largest absolute Gasteiger partial charge is 0.461 e. The third-order valence-electron chi connectivity index (χ3n) is 9.45. The van der Waals surface area contributed by atoms with E-state index in [0.29, 0.717) is 41.3 Å². The SMILES string of the molecule is Fc1c(N2CCc3ccccc3C2)c(Cl)cc2c(N3CCCCCC3)nc(OCC34CCCN3CCC4)nc12. The van der Waals surface area contributed by atoms with E-state index in [1.807, 2.05) is 12.1 Å². The Morgan fingerprint density at radius 2 is 1.62 bits per heavy atom. The second-order valence-electron chi connectivity index (χ2n) is 11.8. The van der Waals surface area contributed by atoms with Gasteiger partial charge >= 0.3 is 6.01 Å². The van der Waals surface area contributed by atoms with Gasteiger partial charge in [0.05, 0.1) is 16.2 Å². The second-order valence-corrected chi connectivity index (χ2v) is 12.2. The quantitative estimate of drug-likeness (QED) is 0.368. The second kappa shape index (κ2) is 10.4. The van der Waals surface area contributed by atoms with Crippen molar-refractivity contribution in [2.45, 2.75) is 69.9 Å². The highest BCUT2D eigenvalue weighted by molar-refractivity contribution is 6.34. The molecule has 0 unspecified atom stereocenters. The zero-order valence-corrected chi connectivity index (χ0v) is 23.4. The van der Waals surface area contributed by atoms with Crippen LogP contribution in [-0.2, 0) is 13.0 Å². The lowest BCUT2D eigenvalue weighted by atomic mass is 9.95. The molecule has 0 bridgehead atoms. The van der Waals surface area contributed by atoms with Crippen molar-refractivity contribution in [1.29, 1.82) is 0 Å². The monoisotopic (exact) mass is 549 g/mol.